The average molecular weight is 268 g/mol. The molecule has 0 aliphatic heterocycles. The molecule has 0 radical (unpaired) electrons. The van der Waals surface area contributed by atoms with Crippen LogP contribution in [0.15, 0.2) is 24.3 Å². The standard InChI is InChI=1S/C14H21FO2Si/c1-14(2,3)18(4,5)17-10-13(16)11-7-6-8-12(15)9-11/h6-9H,10H2,1-5H3. The zero-order valence-electron chi connectivity index (χ0n) is 11.7. The second-order valence-corrected chi connectivity index (χ2v) is 10.8. The number of ketones is 1. The van der Waals surface area contributed by atoms with Crippen LogP contribution < -0.4 is 0 Å². The van der Waals surface area contributed by atoms with Crippen molar-refractivity contribution in [1.82, 2.24) is 0 Å². The highest BCUT2D eigenvalue weighted by molar-refractivity contribution is 6.74. The smallest absolute Gasteiger partial charge is 0.192 e. The predicted octanol–water partition coefficient (Wildman–Crippen LogP) is 4.03. The highest BCUT2D eigenvalue weighted by Crippen LogP contribution is 2.36. The Kier molecular flexibility index (Phi) is 4.45. The van der Waals surface area contributed by atoms with Crippen molar-refractivity contribution >= 4 is 14.1 Å². The molecule has 0 atom stereocenters. The molecule has 0 aliphatic carbocycles. The van der Waals surface area contributed by atoms with Gasteiger partial charge in [0, 0.05) is 5.56 Å². The summed E-state index contributed by atoms with van der Waals surface area (Å²) in [7, 11) is -1.93. The summed E-state index contributed by atoms with van der Waals surface area (Å²) in [5.41, 5.74) is 0.369. The monoisotopic (exact) mass is 268 g/mol. The lowest BCUT2D eigenvalue weighted by Crippen LogP contribution is -2.42. The molecule has 0 fully saturated rings. The molecule has 0 unspecified atom stereocenters. The topological polar surface area (TPSA) is 26.3 Å². The first-order valence-corrected chi connectivity index (χ1v) is 8.97. The quantitative estimate of drug-likeness (QED) is 0.609. The van der Waals surface area contributed by atoms with Gasteiger partial charge in [0.05, 0.1) is 6.61 Å². The number of hydrogen-bond donors (Lipinski definition) is 0. The minimum atomic E-state index is -1.93. The molecule has 0 aromatic heterocycles. The second kappa shape index (κ2) is 5.32. The first-order chi connectivity index (χ1) is 8.13. The van der Waals surface area contributed by atoms with Gasteiger partial charge in [-0.2, -0.15) is 0 Å². The molecule has 0 bridgehead atoms. The molecule has 18 heavy (non-hydrogen) atoms. The summed E-state index contributed by atoms with van der Waals surface area (Å²) in [5.74, 6) is -0.562. The van der Waals surface area contributed by atoms with E-state index in [2.05, 4.69) is 33.9 Å². The van der Waals surface area contributed by atoms with E-state index in [4.69, 9.17) is 4.43 Å². The molecule has 0 N–H and O–H groups in total. The van der Waals surface area contributed by atoms with E-state index in [9.17, 15) is 9.18 Å². The van der Waals surface area contributed by atoms with E-state index >= 15 is 0 Å². The first kappa shape index (κ1) is 15.1. The van der Waals surface area contributed by atoms with Gasteiger partial charge in [0.2, 0.25) is 0 Å². The number of Topliss-reactive ketones (excluding diaryl/α,β-unsaturated/α-hetero) is 1. The highest BCUT2D eigenvalue weighted by atomic mass is 28.4. The van der Waals surface area contributed by atoms with Gasteiger partial charge < -0.3 is 4.43 Å². The van der Waals surface area contributed by atoms with Crippen LogP contribution in [0.4, 0.5) is 4.39 Å². The van der Waals surface area contributed by atoms with E-state index in [0.29, 0.717) is 5.56 Å². The molecule has 2 nitrogen and oxygen atoms in total. The molecule has 1 rings (SSSR count). The van der Waals surface area contributed by atoms with Crippen LogP contribution in [0.2, 0.25) is 18.1 Å². The Labute approximate surface area is 109 Å². The molecule has 1 aromatic rings. The molecule has 0 heterocycles. The van der Waals surface area contributed by atoms with Crippen molar-refractivity contribution in [3.63, 3.8) is 0 Å². The number of carbonyl (C=O) groups is 1. The van der Waals surface area contributed by atoms with Gasteiger partial charge in [-0.25, -0.2) is 4.39 Å². The Hall–Kier alpha value is -1.00. The van der Waals surface area contributed by atoms with Gasteiger partial charge in [0.1, 0.15) is 5.82 Å². The summed E-state index contributed by atoms with van der Waals surface area (Å²) in [5, 5.41) is 0.0647. The van der Waals surface area contributed by atoms with Crippen molar-refractivity contribution in [1.29, 1.82) is 0 Å². The maximum Gasteiger partial charge on any atom is 0.192 e. The maximum absolute atomic E-state index is 13.0. The van der Waals surface area contributed by atoms with Gasteiger partial charge in [-0.1, -0.05) is 32.9 Å². The van der Waals surface area contributed by atoms with Crippen LogP contribution in [0.5, 0.6) is 0 Å². The Morgan fingerprint density at radius 2 is 1.94 bits per heavy atom. The van der Waals surface area contributed by atoms with Gasteiger partial charge >= 0.3 is 0 Å². The third-order valence-electron chi connectivity index (χ3n) is 3.52. The number of benzene rings is 1. The van der Waals surface area contributed by atoms with Crippen LogP contribution in [-0.4, -0.2) is 20.7 Å². The van der Waals surface area contributed by atoms with E-state index in [1.807, 2.05) is 0 Å². The van der Waals surface area contributed by atoms with E-state index in [1.165, 1.54) is 18.2 Å². The minimum Gasteiger partial charge on any atom is -0.409 e. The highest BCUT2D eigenvalue weighted by Gasteiger charge is 2.37. The molecule has 0 amide bonds. The van der Waals surface area contributed by atoms with E-state index in [-0.39, 0.29) is 17.4 Å². The summed E-state index contributed by atoms with van der Waals surface area (Å²) < 4.78 is 18.8. The van der Waals surface area contributed by atoms with Crippen LogP contribution in [-0.2, 0) is 4.43 Å². The molecule has 1 aromatic carbocycles. The number of rotatable bonds is 4. The van der Waals surface area contributed by atoms with Gasteiger partial charge in [0.25, 0.3) is 0 Å². The molecule has 4 heteroatoms. The third kappa shape index (κ3) is 3.75. The molecule has 0 saturated heterocycles. The summed E-state index contributed by atoms with van der Waals surface area (Å²) in [6.45, 7) is 10.6. The van der Waals surface area contributed by atoms with Crippen molar-refractivity contribution in [3.05, 3.63) is 35.6 Å². The van der Waals surface area contributed by atoms with Crippen LogP contribution in [0.25, 0.3) is 0 Å². The zero-order valence-corrected chi connectivity index (χ0v) is 12.7. The second-order valence-electron chi connectivity index (χ2n) is 5.98. The molecule has 0 aliphatic rings. The lowest BCUT2D eigenvalue weighted by Gasteiger charge is -2.35. The Morgan fingerprint density at radius 3 is 2.44 bits per heavy atom. The largest absolute Gasteiger partial charge is 0.409 e. The predicted molar refractivity (Wildman–Crippen MR) is 73.9 cm³/mol. The third-order valence-corrected chi connectivity index (χ3v) is 8.00. The van der Waals surface area contributed by atoms with Gasteiger partial charge in [-0.15, -0.1) is 0 Å². The van der Waals surface area contributed by atoms with Gasteiger partial charge in [-0.3, -0.25) is 4.79 Å². The Balaban J connectivity index is 2.68. The molecular weight excluding hydrogens is 247 g/mol. The fraction of sp³-hybridized carbons (Fsp3) is 0.500. The molecular formula is C14H21FO2Si. The summed E-state index contributed by atoms with van der Waals surface area (Å²) in [6, 6.07) is 5.72. The minimum absolute atomic E-state index is 0.0277. The van der Waals surface area contributed by atoms with Crippen molar-refractivity contribution < 1.29 is 13.6 Å². The van der Waals surface area contributed by atoms with Crippen LogP contribution >= 0.6 is 0 Å². The summed E-state index contributed by atoms with van der Waals surface area (Å²) in [6.07, 6.45) is 0. The maximum atomic E-state index is 13.0. The van der Waals surface area contributed by atoms with Crippen molar-refractivity contribution in [2.45, 2.75) is 38.9 Å². The van der Waals surface area contributed by atoms with Crippen molar-refractivity contribution in [2.24, 2.45) is 0 Å². The molecule has 100 valence electrons. The van der Waals surface area contributed by atoms with E-state index in [1.54, 1.807) is 6.07 Å². The van der Waals surface area contributed by atoms with Gasteiger partial charge in [0.15, 0.2) is 14.1 Å². The van der Waals surface area contributed by atoms with E-state index in [0.717, 1.165) is 0 Å². The summed E-state index contributed by atoms with van der Waals surface area (Å²) in [4.78, 5) is 11.9. The average Bonchev–Trinajstić information content (AvgIpc) is 2.24. The fourth-order valence-corrected chi connectivity index (χ4v) is 2.13. The number of halogens is 1. The summed E-state index contributed by atoms with van der Waals surface area (Å²) >= 11 is 0. The lowest BCUT2D eigenvalue weighted by molar-refractivity contribution is 0.0910. The van der Waals surface area contributed by atoms with Crippen LogP contribution in [0, 0.1) is 5.82 Å². The molecule has 0 saturated carbocycles. The SMILES string of the molecule is CC(C)(C)[Si](C)(C)OCC(=O)c1cccc(F)c1. The van der Waals surface area contributed by atoms with E-state index < -0.39 is 14.1 Å². The van der Waals surface area contributed by atoms with Crippen molar-refractivity contribution in [3.8, 4) is 0 Å². The Bertz CT molecular complexity index is 436. The molecule has 0 spiro atoms. The van der Waals surface area contributed by atoms with Gasteiger partial charge in [-0.05, 0) is 30.3 Å². The van der Waals surface area contributed by atoms with Crippen molar-refractivity contribution in [2.75, 3.05) is 6.61 Å². The lowest BCUT2D eigenvalue weighted by atomic mass is 10.1. The number of hydrogen-bond acceptors (Lipinski definition) is 2. The van der Waals surface area contributed by atoms with Crippen LogP contribution in [0.3, 0.4) is 0 Å². The zero-order chi connectivity index (χ0) is 14.0. The Morgan fingerprint density at radius 1 is 1.33 bits per heavy atom. The fourth-order valence-electron chi connectivity index (χ4n) is 1.21. The van der Waals surface area contributed by atoms with Crippen LogP contribution in [0.1, 0.15) is 31.1 Å². The first-order valence-electron chi connectivity index (χ1n) is 6.06. The normalized spacial score (nSPS) is 12.6. The number of carbonyl (C=O) groups excluding carboxylic acids is 1.